The number of hydrogen-bond acceptors (Lipinski definition) is 3. The summed E-state index contributed by atoms with van der Waals surface area (Å²) in [5, 5.41) is 5.24. The van der Waals surface area contributed by atoms with Gasteiger partial charge in [0.2, 0.25) is 0 Å². The SMILES string of the molecule is O=C1[C@H]2[C@@H]3C=C[C@H]([C@H]4C[C@H]34)[C@@H]2C(=O)N1/N=C/c1ccc[nH]1. The maximum atomic E-state index is 12.6. The van der Waals surface area contributed by atoms with Crippen molar-refractivity contribution in [3.8, 4) is 0 Å². The molecule has 21 heavy (non-hydrogen) atoms. The predicted octanol–water partition coefficient (Wildman–Crippen LogP) is 1.40. The quantitative estimate of drug-likeness (QED) is 0.506. The Kier molecular flexibility index (Phi) is 2.04. The lowest BCUT2D eigenvalue weighted by Gasteiger charge is -2.37. The summed E-state index contributed by atoms with van der Waals surface area (Å²) in [6.07, 6.45) is 8.85. The number of nitrogens with one attached hydrogen (secondary N) is 1. The molecule has 5 nitrogen and oxygen atoms in total. The molecule has 1 aliphatic heterocycles. The van der Waals surface area contributed by atoms with Gasteiger partial charge in [0.25, 0.3) is 11.8 Å². The van der Waals surface area contributed by atoms with Gasteiger partial charge < -0.3 is 4.98 Å². The van der Waals surface area contributed by atoms with Gasteiger partial charge in [-0.05, 0) is 42.2 Å². The van der Waals surface area contributed by atoms with Crippen molar-refractivity contribution in [3.63, 3.8) is 0 Å². The van der Waals surface area contributed by atoms with Gasteiger partial charge in [0.1, 0.15) is 0 Å². The van der Waals surface area contributed by atoms with Crippen molar-refractivity contribution in [2.75, 3.05) is 0 Å². The van der Waals surface area contributed by atoms with Gasteiger partial charge in [-0.1, -0.05) is 12.2 Å². The molecule has 1 N–H and O–H groups in total. The average Bonchev–Trinajstić information content (AvgIpc) is 3.10. The zero-order valence-corrected chi connectivity index (χ0v) is 11.3. The van der Waals surface area contributed by atoms with E-state index in [0.29, 0.717) is 11.8 Å². The van der Waals surface area contributed by atoms with Gasteiger partial charge in [0.05, 0.1) is 23.7 Å². The van der Waals surface area contributed by atoms with Crippen molar-refractivity contribution in [1.29, 1.82) is 0 Å². The van der Waals surface area contributed by atoms with Gasteiger partial charge in [0, 0.05) is 6.20 Å². The molecule has 2 amide bonds. The predicted molar refractivity (Wildman–Crippen MR) is 74.9 cm³/mol. The standard InChI is InChI=1S/C16H15N3O2/c20-15-13-9-3-4-10(12-6-11(9)12)14(13)16(21)19(15)18-7-8-2-1-5-17-8/h1-5,7,9-14,17H,6H2/b18-7+/t9-,10-,11-,12-,13+,14+/m1/s1. The van der Waals surface area contributed by atoms with E-state index in [1.807, 2.05) is 12.1 Å². The fourth-order valence-corrected chi connectivity index (χ4v) is 4.60. The van der Waals surface area contributed by atoms with Crippen LogP contribution in [0.3, 0.4) is 0 Å². The molecule has 2 heterocycles. The van der Waals surface area contributed by atoms with Gasteiger partial charge >= 0.3 is 0 Å². The molecule has 6 atom stereocenters. The Bertz CT molecular complexity index is 654. The van der Waals surface area contributed by atoms with Crippen LogP contribution in [0.1, 0.15) is 12.1 Å². The van der Waals surface area contributed by atoms with Crippen LogP contribution in [0.5, 0.6) is 0 Å². The lowest BCUT2D eigenvalue weighted by molar-refractivity contribution is -0.140. The highest BCUT2D eigenvalue weighted by molar-refractivity contribution is 6.06. The van der Waals surface area contributed by atoms with Gasteiger partial charge in [-0.3, -0.25) is 9.59 Å². The molecule has 2 bridgehead atoms. The lowest BCUT2D eigenvalue weighted by atomic mass is 9.63. The molecule has 1 saturated heterocycles. The van der Waals surface area contributed by atoms with E-state index < -0.39 is 0 Å². The van der Waals surface area contributed by atoms with Crippen LogP contribution in [0.25, 0.3) is 0 Å². The zero-order chi connectivity index (χ0) is 14.1. The molecule has 2 saturated carbocycles. The van der Waals surface area contributed by atoms with Crippen LogP contribution in [0, 0.1) is 35.5 Å². The van der Waals surface area contributed by atoms with Crippen LogP contribution in [-0.4, -0.2) is 28.0 Å². The molecule has 5 heteroatoms. The molecular formula is C16H15N3O2. The second-order valence-electron chi connectivity index (χ2n) is 6.51. The van der Waals surface area contributed by atoms with Gasteiger partial charge in [-0.2, -0.15) is 10.1 Å². The largest absolute Gasteiger partial charge is 0.360 e. The van der Waals surface area contributed by atoms with Crippen molar-refractivity contribution >= 4 is 18.0 Å². The van der Waals surface area contributed by atoms with E-state index in [-0.39, 0.29) is 35.5 Å². The van der Waals surface area contributed by atoms with E-state index in [0.717, 1.165) is 10.7 Å². The lowest BCUT2D eigenvalue weighted by Crippen LogP contribution is -2.40. The van der Waals surface area contributed by atoms with Crippen LogP contribution in [0.4, 0.5) is 0 Å². The minimum absolute atomic E-state index is 0.113. The van der Waals surface area contributed by atoms with E-state index in [4.69, 9.17) is 0 Å². The van der Waals surface area contributed by atoms with Gasteiger partial charge in [-0.25, -0.2) is 0 Å². The normalized spacial score (nSPS) is 42.8. The van der Waals surface area contributed by atoms with Crippen molar-refractivity contribution in [3.05, 3.63) is 36.2 Å². The average molecular weight is 281 g/mol. The molecule has 3 fully saturated rings. The summed E-state index contributed by atoms with van der Waals surface area (Å²) in [7, 11) is 0. The molecule has 0 spiro atoms. The number of hydrazone groups is 1. The van der Waals surface area contributed by atoms with E-state index in [1.165, 1.54) is 6.42 Å². The highest BCUT2D eigenvalue weighted by Gasteiger charge is 2.67. The first-order chi connectivity index (χ1) is 10.3. The molecule has 0 radical (unpaired) electrons. The van der Waals surface area contributed by atoms with E-state index in [2.05, 4.69) is 22.2 Å². The summed E-state index contributed by atoms with van der Waals surface area (Å²) in [6, 6.07) is 3.70. The Morgan fingerprint density at radius 2 is 1.81 bits per heavy atom. The number of H-pyrrole nitrogens is 1. The summed E-state index contributed by atoms with van der Waals surface area (Å²) < 4.78 is 0. The third-order valence-corrected chi connectivity index (χ3v) is 5.57. The number of carbonyl (C=O) groups is 2. The monoisotopic (exact) mass is 281 g/mol. The number of amides is 2. The molecule has 0 unspecified atom stereocenters. The highest BCUT2D eigenvalue weighted by atomic mass is 16.2. The Hall–Kier alpha value is -2.17. The number of aromatic amines is 1. The third kappa shape index (κ3) is 1.38. The molecule has 5 aliphatic rings. The van der Waals surface area contributed by atoms with Crippen molar-refractivity contribution in [2.24, 2.45) is 40.6 Å². The molecule has 6 rings (SSSR count). The van der Waals surface area contributed by atoms with Gasteiger partial charge in [-0.15, -0.1) is 0 Å². The van der Waals surface area contributed by atoms with E-state index >= 15 is 0 Å². The van der Waals surface area contributed by atoms with Crippen LogP contribution in [0.15, 0.2) is 35.6 Å². The second-order valence-corrected chi connectivity index (χ2v) is 6.51. The number of carbonyl (C=O) groups excluding carboxylic acids is 2. The number of imide groups is 1. The Labute approximate surface area is 121 Å². The second kappa shape index (κ2) is 3.72. The van der Waals surface area contributed by atoms with E-state index in [9.17, 15) is 9.59 Å². The van der Waals surface area contributed by atoms with Gasteiger partial charge in [0.15, 0.2) is 0 Å². The van der Waals surface area contributed by atoms with Crippen molar-refractivity contribution in [2.45, 2.75) is 6.42 Å². The third-order valence-electron chi connectivity index (χ3n) is 5.57. The Morgan fingerprint density at radius 1 is 1.14 bits per heavy atom. The molecule has 0 aromatic carbocycles. The Morgan fingerprint density at radius 3 is 2.38 bits per heavy atom. The summed E-state index contributed by atoms with van der Waals surface area (Å²) in [4.78, 5) is 28.2. The van der Waals surface area contributed by atoms with Crippen LogP contribution in [0.2, 0.25) is 0 Å². The molecule has 1 aromatic heterocycles. The maximum Gasteiger partial charge on any atom is 0.254 e. The first kappa shape index (κ1) is 11.5. The van der Waals surface area contributed by atoms with Crippen LogP contribution < -0.4 is 0 Å². The summed E-state index contributed by atoms with van der Waals surface area (Å²) in [5.41, 5.74) is 0.786. The summed E-state index contributed by atoms with van der Waals surface area (Å²) in [6.45, 7) is 0. The first-order valence-corrected chi connectivity index (χ1v) is 7.49. The smallest absolute Gasteiger partial charge is 0.254 e. The van der Waals surface area contributed by atoms with Crippen LogP contribution in [-0.2, 0) is 9.59 Å². The topological polar surface area (TPSA) is 65.5 Å². The Balaban J connectivity index is 1.48. The van der Waals surface area contributed by atoms with E-state index in [1.54, 1.807) is 12.4 Å². The molecular weight excluding hydrogens is 266 g/mol. The molecule has 106 valence electrons. The number of aromatic nitrogens is 1. The minimum atomic E-state index is -0.169. The number of hydrogen-bond donors (Lipinski definition) is 1. The zero-order valence-electron chi connectivity index (χ0n) is 11.3. The molecule has 4 aliphatic carbocycles. The fraction of sp³-hybridized carbons (Fsp3) is 0.438. The summed E-state index contributed by atoms with van der Waals surface area (Å²) >= 11 is 0. The first-order valence-electron chi connectivity index (χ1n) is 7.49. The number of nitrogens with zero attached hydrogens (tertiary/aromatic N) is 2. The highest BCUT2D eigenvalue weighted by Crippen LogP contribution is 2.65. The van der Waals surface area contributed by atoms with Crippen molar-refractivity contribution in [1.82, 2.24) is 9.99 Å². The fourth-order valence-electron chi connectivity index (χ4n) is 4.60. The number of rotatable bonds is 2. The maximum absolute atomic E-state index is 12.6. The van der Waals surface area contributed by atoms with Crippen molar-refractivity contribution < 1.29 is 9.59 Å². The summed E-state index contributed by atoms with van der Waals surface area (Å²) in [5.74, 6) is 1.21. The minimum Gasteiger partial charge on any atom is -0.360 e. The van der Waals surface area contributed by atoms with Crippen LogP contribution >= 0.6 is 0 Å². The number of allylic oxidation sites excluding steroid dienone is 2. The molecule has 1 aromatic rings.